The fraction of sp³-hybridized carbons (Fsp3) is 0.333. The van der Waals surface area contributed by atoms with Crippen molar-refractivity contribution in [3.05, 3.63) is 50.1 Å². The molecule has 1 aliphatic rings. The van der Waals surface area contributed by atoms with E-state index in [0.29, 0.717) is 22.7 Å². The molecule has 5 heteroatoms. The first kappa shape index (κ1) is 14.2. The molecule has 0 spiro atoms. The smallest absolute Gasteiger partial charge is 0.143 e. The van der Waals surface area contributed by atoms with Gasteiger partial charge in [0.2, 0.25) is 0 Å². The van der Waals surface area contributed by atoms with Gasteiger partial charge in [0.25, 0.3) is 0 Å². The summed E-state index contributed by atoms with van der Waals surface area (Å²) in [6.07, 6.45) is 2.50. The minimum Gasteiger partial charge on any atom is -0.486 e. The molecule has 1 aliphatic carbocycles. The number of hydrogen-bond donors (Lipinski definition) is 1. The Kier molecular flexibility index (Phi) is 4.51. The fourth-order valence-corrected chi connectivity index (χ4v) is 3.19. The Morgan fingerprint density at radius 1 is 1.30 bits per heavy atom. The molecule has 3 rings (SSSR count). The van der Waals surface area contributed by atoms with E-state index in [1.807, 2.05) is 17.5 Å². The van der Waals surface area contributed by atoms with Gasteiger partial charge in [0.05, 0.1) is 5.02 Å². The van der Waals surface area contributed by atoms with Crippen LogP contribution in [0.2, 0.25) is 10.0 Å². The molecule has 0 bridgehead atoms. The zero-order chi connectivity index (χ0) is 13.9. The van der Waals surface area contributed by atoms with Crippen LogP contribution in [0.5, 0.6) is 5.75 Å². The maximum atomic E-state index is 6.27. The molecule has 1 aromatic carbocycles. The molecule has 1 aromatic heterocycles. The summed E-state index contributed by atoms with van der Waals surface area (Å²) >= 11 is 14.0. The molecule has 20 heavy (non-hydrogen) atoms. The summed E-state index contributed by atoms with van der Waals surface area (Å²) in [6, 6.07) is 8.36. The predicted molar refractivity (Wildman–Crippen MR) is 85.0 cm³/mol. The van der Waals surface area contributed by atoms with Crippen LogP contribution in [0.4, 0.5) is 0 Å². The largest absolute Gasteiger partial charge is 0.486 e. The number of halogens is 2. The average molecular weight is 328 g/mol. The van der Waals surface area contributed by atoms with Crippen LogP contribution in [0.3, 0.4) is 0 Å². The summed E-state index contributed by atoms with van der Waals surface area (Å²) in [5.41, 5.74) is 1.02. The van der Waals surface area contributed by atoms with Gasteiger partial charge in [0, 0.05) is 28.0 Å². The summed E-state index contributed by atoms with van der Waals surface area (Å²) < 4.78 is 5.90. The van der Waals surface area contributed by atoms with Crippen LogP contribution in [-0.4, -0.2) is 6.04 Å². The lowest BCUT2D eigenvalue weighted by Crippen LogP contribution is -2.16. The molecule has 1 fully saturated rings. The predicted octanol–water partition coefficient (Wildman–Crippen LogP) is 4.89. The number of benzene rings is 1. The first-order valence-electron chi connectivity index (χ1n) is 6.59. The van der Waals surface area contributed by atoms with Crippen molar-refractivity contribution < 1.29 is 4.74 Å². The lowest BCUT2D eigenvalue weighted by atomic mass is 10.2. The van der Waals surface area contributed by atoms with Crippen LogP contribution in [-0.2, 0) is 13.2 Å². The van der Waals surface area contributed by atoms with Crippen molar-refractivity contribution in [2.24, 2.45) is 0 Å². The van der Waals surface area contributed by atoms with Gasteiger partial charge >= 0.3 is 0 Å². The Balaban J connectivity index is 1.75. The number of thiophene rings is 1. The Hall–Kier alpha value is -0.740. The molecule has 1 heterocycles. The SMILES string of the molecule is Clc1cc(Cl)c(OCc2cccs2)c(CNC2CC2)c1. The number of hydrogen-bond acceptors (Lipinski definition) is 3. The third kappa shape index (κ3) is 3.67. The zero-order valence-corrected chi connectivity index (χ0v) is 13.2. The second-order valence-electron chi connectivity index (χ2n) is 4.90. The Labute approximate surface area is 132 Å². The van der Waals surface area contributed by atoms with Crippen LogP contribution in [0.15, 0.2) is 29.6 Å². The van der Waals surface area contributed by atoms with Crippen molar-refractivity contribution in [1.29, 1.82) is 0 Å². The molecule has 106 valence electrons. The highest BCUT2D eigenvalue weighted by Gasteiger charge is 2.21. The van der Waals surface area contributed by atoms with Crippen LogP contribution >= 0.6 is 34.5 Å². The first-order chi connectivity index (χ1) is 9.72. The summed E-state index contributed by atoms with van der Waals surface area (Å²) in [7, 11) is 0. The normalized spacial score (nSPS) is 14.5. The fourth-order valence-electron chi connectivity index (χ4n) is 1.99. The second kappa shape index (κ2) is 6.35. The summed E-state index contributed by atoms with van der Waals surface area (Å²) in [6.45, 7) is 1.28. The van der Waals surface area contributed by atoms with E-state index in [1.54, 1.807) is 17.4 Å². The molecule has 2 nitrogen and oxygen atoms in total. The van der Waals surface area contributed by atoms with Crippen LogP contribution in [0.1, 0.15) is 23.3 Å². The highest BCUT2D eigenvalue weighted by atomic mass is 35.5. The van der Waals surface area contributed by atoms with Crippen molar-refractivity contribution in [1.82, 2.24) is 5.32 Å². The molecule has 0 saturated heterocycles. The molecule has 2 aromatic rings. The monoisotopic (exact) mass is 327 g/mol. The van der Waals surface area contributed by atoms with E-state index >= 15 is 0 Å². The Morgan fingerprint density at radius 3 is 2.85 bits per heavy atom. The summed E-state index contributed by atoms with van der Waals surface area (Å²) in [4.78, 5) is 1.18. The maximum Gasteiger partial charge on any atom is 0.143 e. The number of ether oxygens (including phenoxy) is 1. The van der Waals surface area contributed by atoms with Crippen molar-refractivity contribution in [2.45, 2.75) is 32.0 Å². The maximum absolute atomic E-state index is 6.27. The Morgan fingerprint density at radius 2 is 2.15 bits per heavy atom. The highest BCUT2D eigenvalue weighted by Crippen LogP contribution is 2.34. The van der Waals surface area contributed by atoms with Gasteiger partial charge in [-0.2, -0.15) is 0 Å². The topological polar surface area (TPSA) is 21.3 Å². The van der Waals surface area contributed by atoms with E-state index in [-0.39, 0.29) is 0 Å². The zero-order valence-electron chi connectivity index (χ0n) is 10.9. The third-order valence-electron chi connectivity index (χ3n) is 3.18. The van der Waals surface area contributed by atoms with Gasteiger partial charge in [0.15, 0.2) is 0 Å². The number of rotatable bonds is 6. The van der Waals surface area contributed by atoms with E-state index in [0.717, 1.165) is 17.9 Å². The van der Waals surface area contributed by atoms with E-state index in [1.165, 1.54) is 17.7 Å². The van der Waals surface area contributed by atoms with E-state index in [2.05, 4.69) is 11.4 Å². The Bertz CT molecular complexity index is 582. The van der Waals surface area contributed by atoms with Crippen molar-refractivity contribution in [3.63, 3.8) is 0 Å². The minimum atomic E-state index is 0.537. The van der Waals surface area contributed by atoms with Crippen LogP contribution < -0.4 is 10.1 Å². The molecular formula is C15H15Cl2NOS. The van der Waals surface area contributed by atoms with Crippen molar-refractivity contribution in [2.75, 3.05) is 0 Å². The van der Waals surface area contributed by atoms with E-state index in [9.17, 15) is 0 Å². The van der Waals surface area contributed by atoms with Gasteiger partial charge in [-0.3, -0.25) is 0 Å². The molecular weight excluding hydrogens is 313 g/mol. The van der Waals surface area contributed by atoms with Gasteiger partial charge < -0.3 is 10.1 Å². The van der Waals surface area contributed by atoms with Gasteiger partial charge in [-0.15, -0.1) is 11.3 Å². The number of nitrogens with one attached hydrogen (secondary N) is 1. The minimum absolute atomic E-state index is 0.537. The van der Waals surface area contributed by atoms with Gasteiger partial charge in [-0.05, 0) is 36.4 Å². The molecule has 1 N–H and O–H groups in total. The van der Waals surface area contributed by atoms with Gasteiger partial charge in [0.1, 0.15) is 12.4 Å². The second-order valence-corrected chi connectivity index (χ2v) is 6.77. The molecule has 0 aliphatic heterocycles. The van der Waals surface area contributed by atoms with E-state index in [4.69, 9.17) is 27.9 Å². The summed E-state index contributed by atoms with van der Waals surface area (Å²) in [5.74, 6) is 0.734. The van der Waals surface area contributed by atoms with Crippen LogP contribution in [0.25, 0.3) is 0 Å². The average Bonchev–Trinajstić information content (AvgIpc) is 3.10. The lowest BCUT2D eigenvalue weighted by molar-refractivity contribution is 0.306. The molecule has 1 saturated carbocycles. The summed E-state index contributed by atoms with van der Waals surface area (Å²) in [5, 5.41) is 6.72. The van der Waals surface area contributed by atoms with Gasteiger partial charge in [-0.1, -0.05) is 29.3 Å². The standard InChI is InChI=1S/C15H15Cl2NOS/c16-11-6-10(8-18-12-3-4-12)15(14(17)7-11)19-9-13-2-1-5-20-13/h1-2,5-7,12,18H,3-4,8-9H2. The third-order valence-corrected chi connectivity index (χ3v) is 4.53. The molecule has 0 atom stereocenters. The van der Waals surface area contributed by atoms with Crippen molar-refractivity contribution >= 4 is 34.5 Å². The molecule has 0 unspecified atom stereocenters. The van der Waals surface area contributed by atoms with Gasteiger partial charge in [-0.25, -0.2) is 0 Å². The van der Waals surface area contributed by atoms with Crippen LogP contribution in [0, 0.1) is 0 Å². The lowest BCUT2D eigenvalue weighted by Gasteiger charge is -2.14. The van der Waals surface area contributed by atoms with Crippen molar-refractivity contribution in [3.8, 4) is 5.75 Å². The highest BCUT2D eigenvalue weighted by molar-refractivity contribution is 7.09. The first-order valence-corrected chi connectivity index (χ1v) is 8.22. The quantitative estimate of drug-likeness (QED) is 0.815. The van der Waals surface area contributed by atoms with E-state index < -0.39 is 0 Å². The molecule has 0 amide bonds. The molecule has 0 radical (unpaired) electrons.